The maximum atomic E-state index is 11.4. The molecule has 92 valence electrons. The van der Waals surface area contributed by atoms with Gasteiger partial charge in [0.05, 0.1) is 19.6 Å². The van der Waals surface area contributed by atoms with Crippen molar-refractivity contribution in [2.75, 3.05) is 20.3 Å². The van der Waals surface area contributed by atoms with Gasteiger partial charge in [0.25, 0.3) is 0 Å². The summed E-state index contributed by atoms with van der Waals surface area (Å²) in [5.41, 5.74) is 0.923. The molecule has 1 heterocycles. The van der Waals surface area contributed by atoms with Crippen LogP contribution in [0.4, 0.5) is 0 Å². The summed E-state index contributed by atoms with van der Waals surface area (Å²) in [6, 6.07) is 7.48. The van der Waals surface area contributed by atoms with Gasteiger partial charge in [0.15, 0.2) is 0 Å². The highest BCUT2D eigenvalue weighted by atomic mass is 16.6. The summed E-state index contributed by atoms with van der Waals surface area (Å²) in [6.45, 7) is 3.20. The van der Waals surface area contributed by atoms with Crippen molar-refractivity contribution in [3.05, 3.63) is 29.8 Å². The van der Waals surface area contributed by atoms with E-state index in [-0.39, 0.29) is 18.0 Å². The first-order valence-corrected chi connectivity index (χ1v) is 5.63. The number of benzene rings is 1. The molecule has 0 spiro atoms. The summed E-state index contributed by atoms with van der Waals surface area (Å²) >= 11 is 0. The number of ether oxygens (including phenoxy) is 3. The van der Waals surface area contributed by atoms with Crippen LogP contribution in [0.1, 0.15) is 18.4 Å². The lowest BCUT2D eigenvalue weighted by Gasteiger charge is -2.10. The maximum absolute atomic E-state index is 11.4. The molecule has 4 nitrogen and oxygen atoms in total. The Morgan fingerprint density at radius 1 is 1.47 bits per heavy atom. The Bertz CT molecular complexity index is 381. The van der Waals surface area contributed by atoms with Gasteiger partial charge in [0.1, 0.15) is 18.5 Å². The van der Waals surface area contributed by atoms with Crippen LogP contribution in [0, 0.1) is 0 Å². The van der Waals surface area contributed by atoms with Gasteiger partial charge in [-0.3, -0.25) is 4.79 Å². The third-order valence-electron chi connectivity index (χ3n) is 2.77. The summed E-state index contributed by atoms with van der Waals surface area (Å²) in [7, 11) is 1.39. The normalized spacial score (nSPS) is 19.5. The van der Waals surface area contributed by atoms with Crippen LogP contribution < -0.4 is 4.74 Å². The van der Waals surface area contributed by atoms with Gasteiger partial charge in [0.2, 0.25) is 0 Å². The predicted molar refractivity (Wildman–Crippen MR) is 62.1 cm³/mol. The van der Waals surface area contributed by atoms with Crippen LogP contribution in [0.15, 0.2) is 24.3 Å². The first-order valence-electron chi connectivity index (χ1n) is 5.63. The number of hydrogen-bond donors (Lipinski definition) is 0. The van der Waals surface area contributed by atoms with E-state index in [4.69, 9.17) is 14.2 Å². The third kappa shape index (κ3) is 3.20. The second-order valence-electron chi connectivity index (χ2n) is 4.08. The lowest BCUT2D eigenvalue weighted by molar-refractivity contribution is -0.141. The van der Waals surface area contributed by atoms with E-state index in [1.54, 1.807) is 0 Å². The predicted octanol–water partition coefficient (Wildman–Crippen LogP) is 1.74. The minimum atomic E-state index is -0.249. The summed E-state index contributed by atoms with van der Waals surface area (Å²) in [4.78, 5) is 11.4. The number of esters is 1. The van der Waals surface area contributed by atoms with Crippen LogP contribution in [-0.2, 0) is 14.3 Å². The third-order valence-corrected chi connectivity index (χ3v) is 2.77. The lowest BCUT2D eigenvalue weighted by atomic mass is 10.0. The number of rotatable bonds is 5. The Kier molecular flexibility index (Phi) is 3.64. The fraction of sp³-hybridized carbons (Fsp3) is 0.462. The van der Waals surface area contributed by atoms with Crippen molar-refractivity contribution in [2.45, 2.75) is 18.9 Å². The van der Waals surface area contributed by atoms with Gasteiger partial charge >= 0.3 is 5.97 Å². The van der Waals surface area contributed by atoms with Crippen molar-refractivity contribution in [3.8, 4) is 5.75 Å². The number of carbonyl (C=O) groups excluding carboxylic acids is 1. The van der Waals surface area contributed by atoms with Gasteiger partial charge < -0.3 is 14.2 Å². The highest BCUT2D eigenvalue weighted by Gasteiger charge is 2.23. The van der Waals surface area contributed by atoms with Gasteiger partial charge in [-0.15, -0.1) is 0 Å². The van der Waals surface area contributed by atoms with Crippen LogP contribution in [0.2, 0.25) is 0 Å². The molecule has 0 bridgehead atoms. The SMILES string of the molecule is COC(=O)[C@H](C)c1ccc(OC[C@H]2CO2)cc1. The van der Waals surface area contributed by atoms with Crippen LogP contribution in [0.25, 0.3) is 0 Å². The average Bonchev–Trinajstić information content (AvgIpc) is 3.19. The quantitative estimate of drug-likeness (QED) is 0.577. The first kappa shape index (κ1) is 11.9. The molecule has 1 aromatic rings. The number of carbonyl (C=O) groups is 1. The number of hydrogen-bond acceptors (Lipinski definition) is 4. The molecule has 0 aliphatic carbocycles. The molecule has 1 aromatic carbocycles. The molecule has 0 radical (unpaired) electrons. The molecule has 0 aromatic heterocycles. The van der Waals surface area contributed by atoms with E-state index in [0.29, 0.717) is 6.61 Å². The topological polar surface area (TPSA) is 48.1 Å². The van der Waals surface area contributed by atoms with E-state index in [2.05, 4.69) is 0 Å². The first-order chi connectivity index (χ1) is 8.20. The highest BCUT2D eigenvalue weighted by molar-refractivity contribution is 5.77. The summed E-state index contributed by atoms with van der Waals surface area (Å²) in [6.07, 6.45) is 0.253. The molecule has 1 aliphatic rings. The van der Waals surface area contributed by atoms with E-state index in [1.165, 1.54) is 7.11 Å². The molecule has 2 rings (SSSR count). The minimum Gasteiger partial charge on any atom is -0.491 e. The Hall–Kier alpha value is -1.55. The molecule has 2 atom stereocenters. The Labute approximate surface area is 100 Å². The van der Waals surface area contributed by atoms with Crippen LogP contribution in [0.3, 0.4) is 0 Å². The van der Waals surface area contributed by atoms with Gasteiger partial charge in [-0.1, -0.05) is 12.1 Å². The largest absolute Gasteiger partial charge is 0.491 e. The molecule has 17 heavy (non-hydrogen) atoms. The van der Waals surface area contributed by atoms with E-state index in [1.807, 2.05) is 31.2 Å². The van der Waals surface area contributed by atoms with Crippen LogP contribution in [-0.4, -0.2) is 32.4 Å². The molecule has 1 fully saturated rings. The van der Waals surface area contributed by atoms with Gasteiger partial charge in [-0.05, 0) is 24.6 Å². The molecule has 4 heteroatoms. The van der Waals surface area contributed by atoms with Crippen LogP contribution in [0.5, 0.6) is 5.75 Å². The standard InChI is InChI=1S/C13H16O4/c1-9(13(14)15-2)10-3-5-11(6-4-10)16-7-12-8-17-12/h3-6,9,12H,7-8H2,1-2H3/t9-,12+/m1/s1. The fourth-order valence-electron chi connectivity index (χ4n) is 1.52. The van der Waals surface area contributed by atoms with Gasteiger partial charge in [-0.2, -0.15) is 0 Å². The van der Waals surface area contributed by atoms with Crippen molar-refractivity contribution in [1.29, 1.82) is 0 Å². The van der Waals surface area contributed by atoms with E-state index in [0.717, 1.165) is 17.9 Å². The molecular weight excluding hydrogens is 220 g/mol. The molecule has 1 saturated heterocycles. The molecule has 0 unspecified atom stereocenters. The molecular formula is C13H16O4. The van der Waals surface area contributed by atoms with Crippen molar-refractivity contribution < 1.29 is 19.0 Å². The van der Waals surface area contributed by atoms with Crippen LogP contribution >= 0.6 is 0 Å². The van der Waals surface area contributed by atoms with Gasteiger partial charge in [-0.25, -0.2) is 0 Å². The Morgan fingerprint density at radius 3 is 2.65 bits per heavy atom. The van der Waals surface area contributed by atoms with Crippen molar-refractivity contribution in [1.82, 2.24) is 0 Å². The summed E-state index contributed by atoms with van der Waals surface area (Å²) < 4.78 is 15.3. The zero-order chi connectivity index (χ0) is 12.3. The van der Waals surface area contributed by atoms with E-state index >= 15 is 0 Å². The zero-order valence-electron chi connectivity index (χ0n) is 10.0. The fourth-order valence-corrected chi connectivity index (χ4v) is 1.52. The molecule has 1 aliphatic heterocycles. The molecule has 0 N–H and O–H groups in total. The highest BCUT2D eigenvalue weighted by Crippen LogP contribution is 2.21. The van der Waals surface area contributed by atoms with Crippen molar-refractivity contribution >= 4 is 5.97 Å². The van der Waals surface area contributed by atoms with E-state index in [9.17, 15) is 4.79 Å². The van der Waals surface area contributed by atoms with Crippen molar-refractivity contribution in [2.24, 2.45) is 0 Å². The zero-order valence-corrected chi connectivity index (χ0v) is 10.0. The summed E-state index contributed by atoms with van der Waals surface area (Å²) in [5.74, 6) is 0.312. The minimum absolute atomic E-state index is 0.231. The number of methoxy groups -OCH3 is 1. The molecule has 0 amide bonds. The van der Waals surface area contributed by atoms with Crippen molar-refractivity contribution in [3.63, 3.8) is 0 Å². The monoisotopic (exact) mass is 236 g/mol. The average molecular weight is 236 g/mol. The lowest BCUT2D eigenvalue weighted by Crippen LogP contribution is -2.10. The summed E-state index contributed by atoms with van der Waals surface area (Å²) in [5, 5.41) is 0. The Balaban J connectivity index is 1.93. The Morgan fingerprint density at radius 2 is 2.12 bits per heavy atom. The second kappa shape index (κ2) is 5.19. The van der Waals surface area contributed by atoms with Gasteiger partial charge in [0, 0.05) is 0 Å². The maximum Gasteiger partial charge on any atom is 0.312 e. The second-order valence-corrected chi connectivity index (χ2v) is 4.08. The number of epoxide rings is 1. The van der Waals surface area contributed by atoms with E-state index < -0.39 is 0 Å². The molecule has 0 saturated carbocycles. The smallest absolute Gasteiger partial charge is 0.312 e.